The Labute approximate surface area is 129 Å². The maximum atomic E-state index is 11.6. The van der Waals surface area contributed by atoms with Crippen molar-refractivity contribution in [2.75, 3.05) is 11.9 Å². The van der Waals surface area contributed by atoms with E-state index >= 15 is 0 Å². The second kappa shape index (κ2) is 7.58. The van der Waals surface area contributed by atoms with Gasteiger partial charge in [0.1, 0.15) is 5.51 Å². The fraction of sp³-hybridized carbons (Fsp3) is 0.250. The van der Waals surface area contributed by atoms with Crippen LogP contribution in [0.25, 0.3) is 0 Å². The number of hydrogen-bond acceptors (Lipinski definition) is 6. The topological polar surface area (TPSA) is 80.9 Å². The van der Waals surface area contributed by atoms with E-state index in [9.17, 15) is 4.79 Å². The first-order chi connectivity index (χ1) is 9.69. The highest BCUT2D eigenvalue weighted by Gasteiger charge is 2.08. The van der Waals surface area contributed by atoms with Crippen molar-refractivity contribution in [3.05, 3.63) is 28.7 Å². The van der Waals surface area contributed by atoms with Gasteiger partial charge < -0.3 is 11.1 Å². The average molecular weight is 329 g/mol. The number of carbonyl (C=O) groups is 1. The molecule has 0 saturated heterocycles. The van der Waals surface area contributed by atoms with Crippen LogP contribution in [0.5, 0.6) is 0 Å². The van der Waals surface area contributed by atoms with Crippen LogP contribution in [-0.4, -0.2) is 22.6 Å². The third-order valence-electron chi connectivity index (χ3n) is 2.36. The molecular formula is C12H13ClN4OS2. The number of hydrogen-bond donors (Lipinski definition) is 2. The van der Waals surface area contributed by atoms with Gasteiger partial charge in [0.15, 0.2) is 4.34 Å². The Balaban J connectivity index is 2.00. The summed E-state index contributed by atoms with van der Waals surface area (Å²) in [5, 5.41) is 11.1. The average Bonchev–Trinajstić information content (AvgIpc) is 2.92. The lowest BCUT2D eigenvalue weighted by Gasteiger charge is -2.07. The van der Waals surface area contributed by atoms with E-state index in [1.54, 1.807) is 11.6 Å². The van der Waals surface area contributed by atoms with Crippen LogP contribution >= 0.6 is 34.7 Å². The first-order valence-corrected chi connectivity index (χ1v) is 8.00. The van der Waals surface area contributed by atoms with Crippen molar-refractivity contribution in [1.29, 1.82) is 0 Å². The smallest absolute Gasteiger partial charge is 0.224 e. The van der Waals surface area contributed by atoms with Crippen molar-refractivity contribution >= 4 is 46.3 Å². The highest BCUT2D eigenvalue weighted by Crippen LogP contribution is 2.35. The van der Waals surface area contributed by atoms with Gasteiger partial charge in [-0.1, -0.05) is 34.7 Å². The minimum Gasteiger partial charge on any atom is -0.330 e. The number of carbonyl (C=O) groups excluding carboxylic acids is 1. The summed E-state index contributed by atoms with van der Waals surface area (Å²) in [5.74, 6) is -0.0592. The molecule has 5 nitrogen and oxygen atoms in total. The van der Waals surface area contributed by atoms with E-state index in [-0.39, 0.29) is 5.91 Å². The molecule has 20 heavy (non-hydrogen) atoms. The van der Waals surface area contributed by atoms with E-state index in [0.717, 1.165) is 9.24 Å². The Kier molecular flexibility index (Phi) is 5.78. The lowest BCUT2D eigenvalue weighted by Crippen LogP contribution is -2.13. The summed E-state index contributed by atoms with van der Waals surface area (Å²) in [4.78, 5) is 12.5. The molecule has 3 N–H and O–H groups in total. The van der Waals surface area contributed by atoms with Gasteiger partial charge in [-0.2, -0.15) is 0 Å². The van der Waals surface area contributed by atoms with Gasteiger partial charge in [-0.05, 0) is 31.2 Å². The summed E-state index contributed by atoms with van der Waals surface area (Å²) in [6.45, 7) is 0.506. The summed E-state index contributed by atoms with van der Waals surface area (Å²) in [5.41, 5.74) is 7.71. The van der Waals surface area contributed by atoms with E-state index < -0.39 is 0 Å². The molecule has 0 aliphatic carbocycles. The zero-order valence-corrected chi connectivity index (χ0v) is 12.9. The molecule has 0 saturated carbocycles. The van der Waals surface area contributed by atoms with Crippen molar-refractivity contribution in [3.8, 4) is 0 Å². The summed E-state index contributed by atoms with van der Waals surface area (Å²) < 4.78 is 0.826. The fourth-order valence-corrected chi connectivity index (χ4v) is 3.18. The lowest BCUT2D eigenvalue weighted by molar-refractivity contribution is -0.116. The summed E-state index contributed by atoms with van der Waals surface area (Å²) in [7, 11) is 0. The zero-order valence-electron chi connectivity index (χ0n) is 10.5. The van der Waals surface area contributed by atoms with Crippen molar-refractivity contribution in [1.82, 2.24) is 10.2 Å². The highest BCUT2D eigenvalue weighted by atomic mass is 35.5. The second-order valence-corrected chi connectivity index (χ2v) is 6.42. The van der Waals surface area contributed by atoms with Crippen molar-refractivity contribution in [2.24, 2.45) is 5.73 Å². The van der Waals surface area contributed by atoms with E-state index in [2.05, 4.69) is 15.5 Å². The van der Waals surface area contributed by atoms with E-state index in [1.807, 2.05) is 12.1 Å². The van der Waals surface area contributed by atoms with Gasteiger partial charge in [0, 0.05) is 17.0 Å². The molecule has 2 aromatic rings. The molecule has 0 radical (unpaired) electrons. The van der Waals surface area contributed by atoms with E-state index in [1.165, 1.54) is 23.1 Å². The largest absolute Gasteiger partial charge is 0.330 e. The van der Waals surface area contributed by atoms with Crippen molar-refractivity contribution in [2.45, 2.75) is 22.1 Å². The number of nitrogens with two attached hydrogens (primary N) is 1. The van der Waals surface area contributed by atoms with Crippen molar-refractivity contribution in [3.63, 3.8) is 0 Å². The number of benzene rings is 1. The Bertz CT molecular complexity index is 577. The van der Waals surface area contributed by atoms with Gasteiger partial charge >= 0.3 is 0 Å². The molecule has 1 aromatic carbocycles. The maximum Gasteiger partial charge on any atom is 0.224 e. The maximum absolute atomic E-state index is 11.6. The number of halogens is 1. The zero-order chi connectivity index (χ0) is 14.4. The first-order valence-electron chi connectivity index (χ1n) is 5.92. The van der Waals surface area contributed by atoms with Gasteiger partial charge in [0.05, 0.1) is 5.02 Å². The molecule has 1 amide bonds. The number of nitrogens with one attached hydrogen (secondary N) is 1. The molecule has 2 rings (SSSR count). The number of anilines is 1. The fourth-order valence-electron chi connectivity index (χ4n) is 1.45. The Morgan fingerprint density at radius 2 is 2.35 bits per heavy atom. The molecule has 1 aromatic heterocycles. The molecule has 0 fully saturated rings. The van der Waals surface area contributed by atoms with Crippen LogP contribution in [0.2, 0.25) is 5.02 Å². The molecule has 106 valence electrons. The van der Waals surface area contributed by atoms with Crippen molar-refractivity contribution < 1.29 is 4.79 Å². The molecule has 0 aliphatic heterocycles. The number of rotatable bonds is 6. The number of amides is 1. The van der Waals surface area contributed by atoms with Crippen LogP contribution in [0.3, 0.4) is 0 Å². The summed E-state index contributed by atoms with van der Waals surface area (Å²) in [6, 6.07) is 5.40. The molecule has 0 bridgehead atoms. The number of aromatic nitrogens is 2. The van der Waals surface area contributed by atoms with Crippen LogP contribution in [0, 0.1) is 0 Å². The minimum atomic E-state index is -0.0592. The molecule has 1 heterocycles. The van der Waals surface area contributed by atoms with Gasteiger partial charge in [-0.3, -0.25) is 4.79 Å². The molecule has 8 heteroatoms. The minimum absolute atomic E-state index is 0.0592. The van der Waals surface area contributed by atoms with Crippen LogP contribution in [0.4, 0.5) is 5.69 Å². The first kappa shape index (κ1) is 15.2. The second-order valence-electron chi connectivity index (χ2n) is 3.89. The third kappa shape index (κ3) is 4.45. The summed E-state index contributed by atoms with van der Waals surface area (Å²) >= 11 is 9.10. The van der Waals surface area contributed by atoms with Gasteiger partial charge in [-0.15, -0.1) is 10.2 Å². The van der Waals surface area contributed by atoms with Crippen LogP contribution in [-0.2, 0) is 4.79 Å². The van der Waals surface area contributed by atoms with Gasteiger partial charge in [-0.25, -0.2) is 0 Å². The van der Waals surface area contributed by atoms with Crippen LogP contribution < -0.4 is 11.1 Å². The monoisotopic (exact) mass is 328 g/mol. The van der Waals surface area contributed by atoms with Gasteiger partial charge in [0.25, 0.3) is 0 Å². The molecular weight excluding hydrogens is 316 g/mol. The normalized spacial score (nSPS) is 10.5. The van der Waals surface area contributed by atoms with E-state index in [0.29, 0.717) is 30.1 Å². The molecule has 0 aliphatic rings. The Morgan fingerprint density at radius 3 is 3.00 bits per heavy atom. The standard InChI is InChI=1S/C12H13ClN4OS2/c13-9-6-8(16-11(18)2-1-5-14)3-4-10(9)20-12-17-15-7-19-12/h3-4,6-7H,1-2,5,14H2,(H,16,18). The third-order valence-corrected chi connectivity index (χ3v) is 4.64. The summed E-state index contributed by atoms with van der Waals surface area (Å²) in [6.07, 6.45) is 1.08. The van der Waals surface area contributed by atoms with Crippen LogP contribution in [0.1, 0.15) is 12.8 Å². The molecule has 0 spiro atoms. The predicted octanol–water partition coefficient (Wildman–Crippen LogP) is 3.02. The molecule has 0 atom stereocenters. The Hall–Kier alpha value is -1.15. The van der Waals surface area contributed by atoms with E-state index in [4.69, 9.17) is 17.3 Å². The molecule has 0 unspecified atom stereocenters. The number of nitrogens with zero attached hydrogens (tertiary/aromatic N) is 2. The Morgan fingerprint density at radius 1 is 1.50 bits per heavy atom. The quantitative estimate of drug-likeness (QED) is 0.852. The highest BCUT2D eigenvalue weighted by molar-refractivity contribution is 8.01. The lowest BCUT2D eigenvalue weighted by atomic mass is 10.2. The predicted molar refractivity (Wildman–Crippen MR) is 82.4 cm³/mol. The SMILES string of the molecule is NCCCC(=O)Nc1ccc(Sc2nncs2)c(Cl)c1. The van der Waals surface area contributed by atoms with Crippen LogP contribution in [0.15, 0.2) is 32.9 Å². The van der Waals surface area contributed by atoms with Gasteiger partial charge in [0.2, 0.25) is 5.91 Å².